The molecular formula is C17H18N4O5. The minimum Gasteiger partial charge on any atom is -0.493 e. The van der Waals surface area contributed by atoms with Crippen LogP contribution in [0.3, 0.4) is 0 Å². The van der Waals surface area contributed by atoms with Crippen molar-refractivity contribution in [2.45, 2.75) is 20.0 Å². The fraction of sp³-hybridized carbons (Fsp3) is 0.235. The minimum atomic E-state index is -0.564. The number of carbonyl (C=O) groups is 1. The summed E-state index contributed by atoms with van der Waals surface area (Å²) in [6.07, 6.45) is 3.97. The molecule has 2 rings (SSSR count). The first-order valence-electron chi connectivity index (χ1n) is 7.69. The van der Waals surface area contributed by atoms with Gasteiger partial charge in [-0.05, 0) is 32.0 Å². The first-order valence-corrected chi connectivity index (χ1v) is 7.69. The highest BCUT2D eigenvalue weighted by molar-refractivity contribution is 5.94. The van der Waals surface area contributed by atoms with Gasteiger partial charge in [-0.1, -0.05) is 0 Å². The Kier molecular flexibility index (Phi) is 6.20. The normalized spacial score (nSPS) is 10.8. The number of rotatable bonds is 7. The number of hydrogen-bond donors (Lipinski definition) is 1. The topological polar surface area (TPSA) is 116 Å². The maximum Gasteiger partial charge on any atom is 0.315 e. The SMILES string of the molecule is COc1cc(/C=N\NC(=O)c2cccnc2)cc([N+](=O)[O-])c1OC(C)C. The Bertz CT molecular complexity index is 821. The van der Waals surface area contributed by atoms with E-state index in [1.807, 2.05) is 0 Å². The number of nitrogens with one attached hydrogen (secondary N) is 1. The van der Waals surface area contributed by atoms with Gasteiger partial charge in [-0.2, -0.15) is 5.10 Å². The Labute approximate surface area is 149 Å². The van der Waals surface area contributed by atoms with E-state index in [1.54, 1.807) is 32.2 Å². The lowest BCUT2D eigenvalue weighted by Crippen LogP contribution is -2.17. The zero-order valence-electron chi connectivity index (χ0n) is 14.5. The third-order valence-corrected chi connectivity index (χ3v) is 3.13. The second-order valence-electron chi connectivity index (χ2n) is 5.44. The first-order chi connectivity index (χ1) is 12.4. The molecule has 2 aromatic rings. The van der Waals surface area contributed by atoms with E-state index in [0.29, 0.717) is 11.1 Å². The number of nitro benzene ring substituents is 1. The van der Waals surface area contributed by atoms with Gasteiger partial charge < -0.3 is 9.47 Å². The van der Waals surface area contributed by atoms with Gasteiger partial charge in [-0.25, -0.2) is 5.43 Å². The Balaban J connectivity index is 2.25. The molecule has 0 atom stereocenters. The molecule has 26 heavy (non-hydrogen) atoms. The number of pyridine rings is 1. The van der Waals surface area contributed by atoms with Crippen LogP contribution in [0, 0.1) is 10.1 Å². The summed E-state index contributed by atoms with van der Waals surface area (Å²) in [5, 5.41) is 15.2. The Morgan fingerprint density at radius 1 is 1.42 bits per heavy atom. The molecule has 1 aromatic carbocycles. The first kappa shape index (κ1) is 18.8. The summed E-state index contributed by atoms with van der Waals surface area (Å²) in [4.78, 5) is 26.5. The molecule has 0 bridgehead atoms. The van der Waals surface area contributed by atoms with Crippen molar-refractivity contribution in [3.05, 3.63) is 57.9 Å². The molecule has 1 N–H and O–H groups in total. The molecule has 136 valence electrons. The van der Waals surface area contributed by atoms with Crippen LogP contribution >= 0.6 is 0 Å². The lowest BCUT2D eigenvalue weighted by Gasteiger charge is -2.14. The van der Waals surface area contributed by atoms with Crippen molar-refractivity contribution in [3.8, 4) is 11.5 Å². The summed E-state index contributed by atoms with van der Waals surface area (Å²) in [6.45, 7) is 3.51. The Morgan fingerprint density at radius 3 is 2.77 bits per heavy atom. The number of methoxy groups -OCH3 is 1. The second-order valence-corrected chi connectivity index (χ2v) is 5.44. The summed E-state index contributed by atoms with van der Waals surface area (Å²) in [6, 6.07) is 6.04. The predicted molar refractivity (Wildman–Crippen MR) is 94.7 cm³/mol. The van der Waals surface area contributed by atoms with Crippen LogP contribution < -0.4 is 14.9 Å². The monoisotopic (exact) mass is 358 g/mol. The number of ether oxygens (including phenoxy) is 2. The number of amides is 1. The highest BCUT2D eigenvalue weighted by Gasteiger charge is 2.23. The van der Waals surface area contributed by atoms with E-state index in [1.165, 1.54) is 31.7 Å². The average Bonchev–Trinajstić information content (AvgIpc) is 2.62. The van der Waals surface area contributed by atoms with Crippen molar-refractivity contribution in [3.63, 3.8) is 0 Å². The van der Waals surface area contributed by atoms with Crippen molar-refractivity contribution < 1.29 is 19.2 Å². The van der Waals surface area contributed by atoms with Crippen LogP contribution in [-0.4, -0.2) is 35.2 Å². The molecule has 0 aliphatic heterocycles. The van der Waals surface area contributed by atoms with Gasteiger partial charge in [-0.15, -0.1) is 0 Å². The maximum absolute atomic E-state index is 11.9. The number of nitrogens with zero attached hydrogens (tertiary/aromatic N) is 3. The van der Waals surface area contributed by atoms with Crippen LogP contribution in [-0.2, 0) is 0 Å². The zero-order valence-corrected chi connectivity index (χ0v) is 14.5. The van der Waals surface area contributed by atoms with Gasteiger partial charge in [0.05, 0.1) is 29.9 Å². The average molecular weight is 358 g/mol. The highest BCUT2D eigenvalue weighted by atomic mass is 16.6. The van der Waals surface area contributed by atoms with E-state index in [2.05, 4.69) is 15.5 Å². The van der Waals surface area contributed by atoms with E-state index in [4.69, 9.17) is 9.47 Å². The van der Waals surface area contributed by atoms with Crippen LogP contribution in [0.25, 0.3) is 0 Å². The number of aromatic nitrogens is 1. The largest absolute Gasteiger partial charge is 0.493 e. The fourth-order valence-electron chi connectivity index (χ4n) is 2.05. The van der Waals surface area contributed by atoms with Crippen LogP contribution in [0.15, 0.2) is 41.8 Å². The molecule has 1 aromatic heterocycles. The number of nitro groups is 1. The molecule has 1 amide bonds. The molecule has 1 heterocycles. The van der Waals surface area contributed by atoms with Gasteiger partial charge in [0, 0.05) is 24.0 Å². The zero-order chi connectivity index (χ0) is 19.1. The van der Waals surface area contributed by atoms with E-state index < -0.39 is 10.8 Å². The van der Waals surface area contributed by atoms with Crippen LogP contribution in [0.5, 0.6) is 11.5 Å². The predicted octanol–water partition coefficient (Wildman–Crippen LogP) is 2.55. The summed E-state index contributed by atoms with van der Waals surface area (Å²) in [5.74, 6) is -0.201. The smallest absolute Gasteiger partial charge is 0.315 e. The lowest BCUT2D eigenvalue weighted by molar-refractivity contribution is -0.386. The summed E-state index contributed by atoms with van der Waals surface area (Å²) >= 11 is 0. The molecule has 0 unspecified atom stereocenters. The lowest BCUT2D eigenvalue weighted by atomic mass is 10.2. The standard InChI is InChI=1S/C17H18N4O5/c1-11(2)26-16-14(21(23)24)7-12(8-15(16)25-3)9-19-20-17(22)13-5-4-6-18-10-13/h4-11H,1-3H3,(H,20,22)/b19-9-. The number of hydrogen-bond acceptors (Lipinski definition) is 7. The molecule has 0 aliphatic carbocycles. The molecule has 0 saturated heterocycles. The van der Waals surface area contributed by atoms with Gasteiger partial charge in [-0.3, -0.25) is 19.9 Å². The molecule has 0 spiro atoms. The molecule has 0 fully saturated rings. The van der Waals surface area contributed by atoms with E-state index >= 15 is 0 Å². The van der Waals surface area contributed by atoms with Crippen molar-refractivity contribution in [1.82, 2.24) is 10.4 Å². The van der Waals surface area contributed by atoms with Crippen LogP contribution in [0.4, 0.5) is 5.69 Å². The number of carbonyl (C=O) groups excluding carboxylic acids is 1. The van der Waals surface area contributed by atoms with E-state index in [-0.39, 0.29) is 23.3 Å². The molecule has 0 radical (unpaired) electrons. The van der Waals surface area contributed by atoms with Gasteiger partial charge in [0.1, 0.15) is 0 Å². The quantitative estimate of drug-likeness (QED) is 0.462. The molecule has 0 saturated carbocycles. The van der Waals surface area contributed by atoms with E-state index in [9.17, 15) is 14.9 Å². The van der Waals surface area contributed by atoms with Gasteiger partial charge in [0.25, 0.3) is 5.91 Å². The van der Waals surface area contributed by atoms with Crippen LogP contribution in [0.1, 0.15) is 29.8 Å². The maximum atomic E-state index is 11.9. The molecule has 0 aliphatic rings. The number of benzene rings is 1. The van der Waals surface area contributed by atoms with Gasteiger partial charge >= 0.3 is 5.69 Å². The molecule has 9 nitrogen and oxygen atoms in total. The number of hydrazone groups is 1. The van der Waals surface area contributed by atoms with Crippen molar-refractivity contribution in [2.24, 2.45) is 5.10 Å². The van der Waals surface area contributed by atoms with Crippen molar-refractivity contribution in [2.75, 3.05) is 7.11 Å². The van der Waals surface area contributed by atoms with Gasteiger partial charge in [0.15, 0.2) is 5.75 Å². The van der Waals surface area contributed by atoms with Crippen LogP contribution in [0.2, 0.25) is 0 Å². The van der Waals surface area contributed by atoms with Gasteiger partial charge in [0.2, 0.25) is 5.75 Å². The fourth-order valence-corrected chi connectivity index (χ4v) is 2.05. The minimum absolute atomic E-state index is 0.0454. The highest BCUT2D eigenvalue weighted by Crippen LogP contribution is 2.38. The Hall–Kier alpha value is -3.49. The summed E-state index contributed by atoms with van der Waals surface area (Å²) < 4.78 is 10.7. The van der Waals surface area contributed by atoms with E-state index in [0.717, 1.165) is 0 Å². The Morgan fingerprint density at radius 2 is 2.19 bits per heavy atom. The van der Waals surface area contributed by atoms with Crippen molar-refractivity contribution >= 4 is 17.8 Å². The summed E-state index contributed by atoms with van der Waals surface area (Å²) in [7, 11) is 1.39. The third kappa shape index (κ3) is 4.76. The second kappa shape index (κ2) is 8.56. The summed E-state index contributed by atoms with van der Waals surface area (Å²) in [5.41, 5.74) is 2.79. The molecular weight excluding hydrogens is 340 g/mol. The van der Waals surface area contributed by atoms with Crippen molar-refractivity contribution in [1.29, 1.82) is 0 Å². The third-order valence-electron chi connectivity index (χ3n) is 3.13. The molecule has 9 heteroatoms.